The van der Waals surface area contributed by atoms with Crippen LogP contribution < -0.4 is 5.73 Å². The normalized spacial score (nSPS) is 14.9. The summed E-state index contributed by atoms with van der Waals surface area (Å²) in [5.41, 5.74) is 6.68. The molecule has 0 radical (unpaired) electrons. The number of unbranched alkanes of at least 4 members (excludes halogenated alkanes) is 1. The zero-order valence-corrected chi connectivity index (χ0v) is 13.6. The Labute approximate surface area is 119 Å². The van der Waals surface area contributed by atoms with Crippen molar-refractivity contribution in [3.05, 3.63) is 11.9 Å². The molecule has 19 heavy (non-hydrogen) atoms. The molecule has 0 aliphatic heterocycles. The quantitative estimate of drug-likeness (QED) is 0.516. The second-order valence-electron chi connectivity index (χ2n) is 5.43. The van der Waals surface area contributed by atoms with E-state index < -0.39 is 0 Å². The zero-order valence-electron chi connectivity index (χ0n) is 13.6. The van der Waals surface area contributed by atoms with Gasteiger partial charge in [0.25, 0.3) is 0 Å². The van der Waals surface area contributed by atoms with Crippen LogP contribution in [0.15, 0.2) is 16.9 Å². The summed E-state index contributed by atoms with van der Waals surface area (Å²) in [5.74, 6) is 0.598. The minimum absolute atomic E-state index is 0.598. The molecule has 0 aromatic heterocycles. The van der Waals surface area contributed by atoms with Gasteiger partial charge in [0.2, 0.25) is 0 Å². The lowest BCUT2D eigenvalue weighted by Crippen LogP contribution is -2.33. The van der Waals surface area contributed by atoms with Crippen molar-refractivity contribution >= 4 is 5.84 Å². The highest BCUT2D eigenvalue weighted by molar-refractivity contribution is 5.77. The van der Waals surface area contributed by atoms with E-state index in [-0.39, 0.29) is 0 Å². The van der Waals surface area contributed by atoms with Gasteiger partial charge in [0, 0.05) is 31.5 Å². The standard InChI is InChI=1S/C15H32N4/c1-7-8-10-18(5)13(2)9-11-19(6)14(3)12-17-15(4)16/h12-13H,7-11H2,1-6H3,(H2,16,17)/b14-12+. The molecule has 0 saturated heterocycles. The molecule has 0 aromatic rings. The van der Waals surface area contributed by atoms with E-state index in [9.17, 15) is 0 Å². The fourth-order valence-electron chi connectivity index (χ4n) is 1.70. The third kappa shape index (κ3) is 8.65. The lowest BCUT2D eigenvalue weighted by atomic mass is 10.2. The third-order valence-electron chi connectivity index (χ3n) is 3.56. The van der Waals surface area contributed by atoms with Gasteiger partial charge in [0.15, 0.2) is 0 Å². The van der Waals surface area contributed by atoms with Crippen molar-refractivity contribution in [2.45, 2.75) is 53.0 Å². The summed E-state index contributed by atoms with van der Waals surface area (Å²) >= 11 is 0. The highest BCUT2D eigenvalue weighted by atomic mass is 15.1. The molecule has 0 spiro atoms. The Morgan fingerprint density at radius 2 is 1.89 bits per heavy atom. The molecule has 2 N–H and O–H groups in total. The summed E-state index contributed by atoms with van der Waals surface area (Å²) < 4.78 is 0. The maximum atomic E-state index is 5.53. The number of allylic oxidation sites excluding steroid dienone is 1. The van der Waals surface area contributed by atoms with Gasteiger partial charge < -0.3 is 15.5 Å². The first-order valence-corrected chi connectivity index (χ1v) is 7.26. The number of hydrogen-bond donors (Lipinski definition) is 1. The SMILES string of the molecule is CCCCN(C)C(C)CCN(C)/C(C)=C/N=C(C)N. The van der Waals surface area contributed by atoms with Gasteiger partial charge in [-0.05, 0) is 47.2 Å². The molecule has 4 heteroatoms. The second-order valence-corrected chi connectivity index (χ2v) is 5.43. The van der Waals surface area contributed by atoms with Crippen molar-refractivity contribution in [1.29, 1.82) is 0 Å². The lowest BCUT2D eigenvalue weighted by molar-refractivity contribution is 0.226. The molecular weight excluding hydrogens is 236 g/mol. The van der Waals surface area contributed by atoms with E-state index in [1.165, 1.54) is 19.4 Å². The Morgan fingerprint density at radius 1 is 1.26 bits per heavy atom. The summed E-state index contributed by atoms with van der Waals surface area (Å²) in [4.78, 5) is 8.80. The van der Waals surface area contributed by atoms with Gasteiger partial charge >= 0.3 is 0 Å². The van der Waals surface area contributed by atoms with Gasteiger partial charge in [0.05, 0.1) is 5.84 Å². The Kier molecular flexibility index (Phi) is 9.31. The molecule has 0 saturated carbocycles. The Bertz CT molecular complexity index is 293. The summed E-state index contributed by atoms with van der Waals surface area (Å²) in [6.45, 7) is 10.6. The van der Waals surface area contributed by atoms with Gasteiger partial charge in [-0.1, -0.05) is 13.3 Å². The summed E-state index contributed by atoms with van der Waals surface area (Å²) in [6.07, 6.45) is 5.53. The number of nitrogens with zero attached hydrogens (tertiary/aromatic N) is 3. The maximum absolute atomic E-state index is 5.53. The van der Waals surface area contributed by atoms with E-state index in [0.29, 0.717) is 11.9 Å². The summed E-state index contributed by atoms with van der Waals surface area (Å²) in [7, 11) is 4.32. The zero-order chi connectivity index (χ0) is 14.8. The van der Waals surface area contributed by atoms with E-state index in [2.05, 4.69) is 49.7 Å². The van der Waals surface area contributed by atoms with E-state index in [1.54, 1.807) is 6.92 Å². The first-order valence-electron chi connectivity index (χ1n) is 7.26. The van der Waals surface area contributed by atoms with Crippen molar-refractivity contribution in [1.82, 2.24) is 9.80 Å². The first kappa shape index (κ1) is 18.0. The van der Waals surface area contributed by atoms with Gasteiger partial charge in [-0.3, -0.25) is 0 Å². The highest BCUT2D eigenvalue weighted by Gasteiger charge is 2.09. The van der Waals surface area contributed by atoms with E-state index in [0.717, 1.165) is 18.7 Å². The van der Waals surface area contributed by atoms with Gasteiger partial charge in [-0.2, -0.15) is 0 Å². The number of aliphatic imine (C=N–C) groups is 1. The molecule has 0 aromatic carbocycles. The second kappa shape index (κ2) is 9.84. The van der Waals surface area contributed by atoms with Crippen LogP contribution in [-0.4, -0.2) is 48.9 Å². The van der Waals surface area contributed by atoms with Gasteiger partial charge in [-0.25, -0.2) is 4.99 Å². The Balaban J connectivity index is 4.10. The third-order valence-corrected chi connectivity index (χ3v) is 3.56. The molecule has 4 nitrogen and oxygen atoms in total. The number of amidine groups is 1. The monoisotopic (exact) mass is 268 g/mol. The summed E-state index contributed by atoms with van der Waals surface area (Å²) in [6, 6.07) is 0.613. The van der Waals surface area contributed by atoms with Crippen LogP contribution in [0.25, 0.3) is 0 Å². The maximum Gasteiger partial charge on any atom is 0.0958 e. The molecule has 0 bridgehead atoms. The van der Waals surface area contributed by atoms with Crippen LogP contribution in [0.1, 0.15) is 47.0 Å². The van der Waals surface area contributed by atoms with Crippen LogP contribution in [0.2, 0.25) is 0 Å². The Hall–Kier alpha value is -1.03. The van der Waals surface area contributed by atoms with Crippen LogP contribution in [-0.2, 0) is 0 Å². The molecule has 1 atom stereocenters. The topological polar surface area (TPSA) is 44.9 Å². The molecule has 0 rings (SSSR count). The molecule has 0 aliphatic rings. The van der Waals surface area contributed by atoms with Crippen molar-refractivity contribution in [2.24, 2.45) is 10.7 Å². The minimum Gasteiger partial charge on any atom is -0.387 e. The van der Waals surface area contributed by atoms with Gasteiger partial charge in [-0.15, -0.1) is 0 Å². The fraction of sp³-hybridized carbons (Fsp3) is 0.800. The van der Waals surface area contributed by atoms with E-state index in [4.69, 9.17) is 5.73 Å². The van der Waals surface area contributed by atoms with Crippen LogP contribution in [0, 0.1) is 0 Å². The van der Waals surface area contributed by atoms with E-state index >= 15 is 0 Å². The van der Waals surface area contributed by atoms with Crippen molar-refractivity contribution in [2.75, 3.05) is 27.2 Å². The van der Waals surface area contributed by atoms with Crippen LogP contribution in [0.4, 0.5) is 0 Å². The van der Waals surface area contributed by atoms with Crippen LogP contribution in [0.3, 0.4) is 0 Å². The largest absolute Gasteiger partial charge is 0.387 e. The average Bonchev–Trinajstić information content (AvgIpc) is 2.38. The molecule has 0 fully saturated rings. The summed E-state index contributed by atoms with van der Waals surface area (Å²) in [5, 5.41) is 0. The van der Waals surface area contributed by atoms with Crippen molar-refractivity contribution < 1.29 is 0 Å². The predicted molar refractivity (Wildman–Crippen MR) is 85.3 cm³/mol. The molecule has 1 unspecified atom stereocenters. The fourth-order valence-corrected chi connectivity index (χ4v) is 1.70. The number of hydrogen-bond acceptors (Lipinski definition) is 3. The molecule has 0 heterocycles. The number of nitrogens with two attached hydrogens (primary N) is 1. The number of rotatable bonds is 9. The van der Waals surface area contributed by atoms with Crippen molar-refractivity contribution in [3.8, 4) is 0 Å². The Morgan fingerprint density at radius 3 is 2.42 bits per heavy atom. The predicted octanol–water partition coefficient (Wildman–Crippen LogP) is 2.67. The molecule has 0 aliphatic carbocycles. The molecule has 0 amide bonds. The first-order chi connectivity index (χ1) is 8.88. The van der Waals surface area contributed by atoms with Crippen molar-refractivity contribution in [3.63, 3.8) is 0 Å². The smallest absolute Gasteiger partial charge is 0.0958 e. The minimum atomic E-state index is 0.598. The molecule has 112 valence electrons. The van der Waals surface area contributed by atoms with Crippen LogP contribution >= 0.6 is 0 Å². The average molecular weight is 268 g/mol. The van der Waals surface area contributed by atoms with E-state index in [1.807, 2.05) is 6.20 Å². The van der Waals surface area contributed by atoms with Gasteiger partial charge in [0.1, 0.15) is 0 Å². The highest BCUT2D eigenvalue weighted by Crippen LogP contribution is 2.07. The van der Waals surface area contributed by atoms with Crippen LogP contribution in [0.5, 0.6) is 0 Å². The molecular formula is C15H32N4. The lowest BCUT2D eigenvalue weighted by Gasteiger charge is -2.27.